The minimum absolute atomic E-state index is 0.689. The first kappa shape index (κ1) is 8.71. The van der Waals surface area contributed by atoms with Gasteiger partial charge in [-0.2, -0.15) is 0 Å². The van der Waals surface area contributed by atoms with Crippen molar-refractivity contribution in [3.63, 3.8) is 0 Å². The molecule has 3 N–H and O–H groups in total. The number of hydrogen-bond acceptors (Lipinski definition) is 3. The molecule has 4 heteroatoms. The van der Waals surface area contributed by atoms with E-state index in [1.165, 1.54) is 3.57 Å². The lowest BCUT2D eigenvalue weighted by molar-refractivity contribution is 1.26. The molecule has 0 fully saturated rings. The van der Waals surface area contributed by atoms with Crippen LogP contribution < -0.4 is 11.3 Å². The van der Waals surface area contributed by atoms with Gasteiger partial charge in [0.25, 0.3) is 0 Å². The summed E-state index contributed by atoms with van der Waals surface area (Å²) in [5.41, 5.74) is 3.48. The maximum atomic E-state index is 5.26. The number of nitrogens with one attached hydrogen (secondary N) is 1. The fraction of sp³-hybridized carbons (Fsp3) is 0. The van der Waals surface area contributed by atoms with Gasteiger partial charge >= 0.3 is 0 Å². The lowest BCUT2D eigenvalue weighted by Crippen LogP contribution is -2.08. The van der Waals surface area contributed by atoms with Gasteiger partial charge in [-0.15, -0.1) is 0 Å². The Morgan fingerprint density at radius 1 is 1.23 bits per heavy atom. The quantitative estimate of drug-likeness (QED) is 0.479. The van der Waals surface area contributed by atoms with E-state index in [9.17, 15) is 0 Å². The molecule has 1 aromatic carbocycles. The number of nitrogen functional groups attached to an aromatic ring is 1. The zero-order valence-electron chi connectivity index (χ0n) is 6.79. The highest BCUT2D eigenvalue weighted by Crippen LogP contribution is 2.17. The number of pyridine rings is 1. The largest absolute Gasteiger partial charge is 0.308 e. The zero-order chi connectivity index (χ0) is 9.26. The smallest absolute Gasteiger partial charge is 0.140 e. The second-order valence-corrected chi connectivity index (χ2v) is 3.92. The van der Waals surface area contributed by atoms with Crippen molar-refractivity contribution in [2.75, 3.05) is 5.43 Å². The van der Waals surface area contributed by atoms with E-state index < -0.39 is 0 Å². The summed E-state index contributed by atoms with van der Waals surface area (Å²) in [6.45, 7) is 0. The molecule has 0 saturated heterocycles. The Hall–Kier alpha value is -0.880. The first-order chi connectivity index (χ1) is 6.29. The monoisotopic (exact) mass is 285 g/mol. The van der Waals surface area contributed by atoms with Crippen molar-refractivity contribution in [2.45, 2.75) is 0 Å². The predicted molar refractivity (Wildman–Crippen MR) is 62.3 cm³/mol. The van der Waals surface area contributed by atoms with Crippen molar-refractivity contribution < 1.29 is 0 Å². The maximum Gasteiger partial charge on any atom is 0.140 e. The van der Waals surface area contributed by atoms with Gasteiger partial charge in [0, 0.05) is 8.96 Å². The van der Waals surface area contributed by atoms with Gasteiger partial charge in [0.05, 0.1) is 5.52 Å². The molecule has 66 valence electrons. The third-order valence-corrected chi connectivity index (χ3v) is 2.47. The standard InChI is InChI=1S/C9H8IN3/c10-7-2-3-8-6(5-7)1-4-9(12-8)13-11/h1-5H,11H2,(H,12,13). The van der Waals surface area contributed by atoms with E-state index in [0.29, 0.717) is 5.82 Å². The molecule has 0 unspecified atom stereocenters. The van der Waals surface area contributed by atoms with Crippen LogP contribution in [0.4, 0.5) is 5.82 Å². The Morgan fingerprint density at radius 2 is 2.08 bits per heavy atom. The Labute approximate surface area is 89.5 Å². The second-order valence-electron chi connectivity index (χ2n) is 2.68. The maximum absolute atomic E-state index is 5.26. The van der Waals surface area contributed by atoms with Crippen LogP contribution in [0.3, 0.4) is 0 Å². The highest BCUT2D eigenvalue weighted by Gasteiger charge is 1.96. The first-order valence-corrected chi connectivity index (χ1v) is 4.90. The normalized spacial score (nSPS) is 10.3. The van der Waals surface area contributed by atoms with E-state index in [2.05, 4.69) is 39.1 Å². The first-order valence-electron chi connectivity index (χ1n) is 3.82. The summed E-state index contributed by atoms with van der Waals surface area (Å²) in [6.07, 6.45) is 0. The average Bonchev–Trinajstić information content (AvgIpc) is 2.17. The fourth-order valence-corrected chi connectivity index (χ4v) is 1.69. The molecule has 13 heavy (non-hydrogen) atoms. The highest BCUT2D eigenvalue weighted by atomic mass is 127. The number of hydrazine groups is 1. The van der Waals surface area contributed by atoms with Crippen molar-refractivity contribution in [3.8, 4) is 0 Å². The van der Waals surface area contributed by atoms with E-state index in [-0.39, 0.29) is 0 Å². The van der Waals surface area contributed by atoms with Crippen LogP contribution in [0.5, 0.6) is 0 Å². The van der Waals surface area contributed by atoms with Crippen molar-refractivity contribution in [3.05, 3.63) is 33.9 Å². The molecule has 3 nitrogen and oxygen atoms in total. The van der Waals surface area contributed by atoms with E-state index in [1.54, 1.807) is 0 Å². The molecule has 0 aliphatic carbocycles. The number of halogens is 1. The van der Waals surface area contributed by atoms with Crippen LogP contribution in [0.25, 0.3) is 10.9 Å². The molecular formula is C9H8IN3. The minimum Gasteiger partial charge on any atom is -0.308 e. The summed E-state index contributed by atoms with van der Waals surface area (Å²) in [7, 11) is 0. The van der Waals surface area contributed by atoms with Crippen LogP contribution in [0.1, 0.15) is 0 Å². The summed E-state index contributed by atoms with van der Waals surface area (Å²) in [6, 6.07) is 9.95. The van der Waals surface area contributed by atoms with Crippen molar-refractivity contribution in [2.24, 2.45) is 5.84 Å². The number of benzene rings is 1. The van der Waals surface area contributed by atoms with Gasteiger partial charge < -0.3 is 5.43 Å². The highest BCUT2D eigenvalue weighted by molar-refractivity contribution is 14.1. The van der Waals surface area contributed by atoms with Gasteiger partial charge in [0.1, 0.15) is 5.82 Å². The van der Waals surface area contributed by atoms with Crippen LogP contribution in [-0.4, -0.2) is 4.98 Å². The summed E-state index contributed by atoms with van der Waals surface area (Å²) >= 11 is 2.28. The molecule has 0 amide bonds. The molecule has 0 spiro atoms. The molecule has 0 saturated carbocycles. The van der Waals surface area contributed by atoms with Crippen LogP contribution in [0.2, 0.25) is 0 Å². The number of anilines is 1. The Bertz CT molecular complexity index is 442. The van der Waals surface area contributed by atoms with Crippen LogP contribution >= 0.6 is 22.6 Å². The second kappa shape index (κ2) is 3.47. The van der Waals surface area contributed by atoms with E-state index in [1.807, 2.05) is 24.3 Å². The third kappa shape index (κ3) is 1.73. The Balaban J connectivity index is 2.66. The molecule has 1 heterocycles. The van der Waals surface area contributed by atoms with Gasteiger partial charge in [-0.25, -0.2) is 10.8 Å². The van der Waals surface area contributed by atoms with Gasteiger partial charge in [0.2, 0.25) is 0 Å². The third-order valence-electron chi connectivity index (χ3n) is 1.80. The van der Waals surface area contributed by atoms with Gasteiger partial charge in [0.15, 0.2) is 0 Å². The van der Waals surface area contributed by atoms with Crippen LogP contribution in [0, 0.1) is 3.57 Å². The SMILES string of the molecule is NNc1ccc2cc(I)ccc2n1. The van der Waals surface area contributed by atoms with E-state index in [0.717, 1.165) is 10.9 Å². The predicted octanol–water partition coefficient (Wildman–Crippen LogP) is 2.12. The molecule has 0 bridgehead atoms. The summed E-state index contributed by atoms with van der Waals surface area (Å²) in [5, 5.41) is 1.13. The van der Waals surface area contributed by atoms with Crippen LogP contribution in [0.15, 0.2) is 30.3 Å². The molecule has 0 radical (unpaired) electrons. The summed E-state index contributed by atoms with van der Waals surface area (Å²) in [5.74, 6) is 5.95. The van der Waals surface area contributed by atoms with Crippen molar-refractivity contribution >= 4 is 39.3 Å². The molecule has 1 aromatic heterocycles. The number of nitrogens with two attached hydrogens (primary N) is 1. The van der Waals surface area contributed by atoms with Gasteiger partial charge in [-0.1, -0.05) is 0 Å². The number of hydrogen-bond donors (Lipinski definition) is 2. The number of fused-ring (bicyclic) bond motifs is 1. The van der Waals surface area contributed by atoms with Gasteiger partial charge in [-0.05, 0) is 52.9 Å². The minimum atomic E-state index is 0.689. The summed E-state index contributed by atoms with van der Waals surface area (Å²) < 4.78 is 1.21. The molecule has 0 aliphatic rings. The molecule has 2 rings (SSSR count). The zero-order valence-corrected chi connectivity index (χ0v) is 8.95. The number of rotatable bonds is 1. The number of nitrogens with zero attached hydrogens (tertiary/aromatic N) is 1. The topological polar surface area (TPSA) is 50.9 Å². The van der Waals surface area contributed by atoms with E-state index >= 15 is 0 Å². The average molecular weight is 285 g/mol. The molecule has 0 aliphatic heterocycles. The van der Waals surface area contributed by atoms with Crippen molar-refractivity contribution in [1.82, 2.24) is 4.98 Å². The number of aromatic nitrogens is 1. The molecular weight excluding hydrogens is 277 g/mol. The lowest BCUT2D eigenvalue weighted by atomic mass is 10.2. The van der Waals surface area contributed by atoms with Gasteiger partial charge in [-0.3, -0.25) is 0 Å². The van der Waals surface area contributed by atoms with Crippen molar-refractivity contribution in [1.29, 1.82) is 0 Å². The lowest BCUT2D eigenvalue weighted by Gasteiger charge is -2.01. The Kier molecular flexibility index (Phi) is 2.32. The fourth-order valence-electron chi connectivity index (χ4n) is 1.18. The molecule has 0 atom stereocenters. The molecule has 2 aromatic rings. The Morgan fingerprint density at radius 3 is 2.85 bits per heavy atom. The summed E-state index contributed by atoms with van der Waals surface area (Å²) in [4.78, 5) is 4.30. The van der Waals surface area contributed by atoms with E-state index in [4.69, 9.17) is 5.84 Å². The van der Waals surface area contributed by atoms with Crippen LogP contribution in [-0.2, 0) is 0 Å².